The number of hydrogen-bond donors (Lipinski definition) is 14. The molecule has 8 fully saturated rings. The van der Waals surface area contributed by atoms with Gasteiger partial charge in [-0.2, -0.15) is 0 Å². The fourth-order valence-electron chi connectivity index (χ4n) is 16.4. The molecular weight excluding hydrogens is 1020 g/mol. The average Bonchev–Trinajstić information content (AvgIpc) is 3.51. The van der Waals surface area contributed by atoms with Crippen LogP contribution in [0.4, 0.5) is 0 Å². The number of carbonyl (C=O) groups is 1. The first kappa shape index (κ1) is 60.0. The van der Waals surface area contributed by atoms with Crippen molar-refractivity contribution in [3.63, 3.8) is 0 Å². The number of allylic oxidation sites excluding steroid dienone is 2. The van der Waals surface area contributed by atoms with Gasteiger partial charge in [-0.1, -0.05) is 60.1 Å². The van der Waals surface area contributed by atoms with E-state index in [9.17, 15) is 71.5 Å². The molecule has 0 spiro atoms. The molecule has 0 aromatic rings. The van der Waals surface area contributed by atoms with Gasteiger partial charge in [0.05, 0.1) is 37.9 Å². The Hall–Kier alpha value is -1.63. The molecule has 4 saturated heterocycles. The molecule has 0 radical (unpaired) electrons. The highest BCUT2D eigenvalue weighted by Crippen LogP contribution is 2.76. The predicted molar refractivity (Wildman–Crippen MR) is 263 cm³/mol. The van der Waals surface area contributed by atoms with Crippen LogP contribution in [0.1, 0.15) is 113 Å². The number of rotatable bonds is 12. The second-order valence-corrected chi connectivity index (χ2v) is 26.3. The van der Waals surface area contributed by atoms with Crippen molar-refractivity contribution in [1.82, 2.24) is 0 Å². The van der Waals surface area contributed by atoms with Gasteiger partial charge in [0.2, 0.25) is 6.29 Å². The standard InChI is InChI=1S/C54H88O23/c1-49(2)14-16-54(48(69)77-46-42(68)38(64)35(61)28(74-46)22-70-44-40(66)36(62)32(58)25(19-55)71-44)17-15-52(6)23(24(54)18-49)8-9-30-51(5)12-11-31(50(3,4)29(51)10-13-53(30,52)7)75-47-43(39(65)34(60)27(21-57)73-47)76-45-41(67)37(63)33(59)26(20-56)72-45/h8,24-47,55-68H,9-22H2,1-7H3/t24-,25-,26-,27-,28-,29+,30-,31+,32-,33-,34-,35-,36+,37+,38+,39+,40-,41-,42-,43-,44-,45+,46+,47+,51+,52+,53-,54+/m1/s1. The van der Waals surface area contributed by atoms with Crippen LogP contribution in [-0.4, -0.2) is 233 Å². The maximum atomic E-state index is 15.1. The zero-order valence-electron chi connectivity index (χ0n) is 45.3. The Kier molecular flexibility index (Phi) is 17.0. The minimum absolute atomic E-state index is 0.108. The molecule has 4 saturated carbocycles. The van der Waals surface area contributed by atoms with E-state index in [4.69, 9.17) is 37.9 Å². The van der Waals surface area contributed by atoms with E-state index >= 15 is 4.79 Å². The van der Waals surface area contributed by atoms with Crippen LogP contribution in [0.5, 0.6) is 0 Å². The summed E-state index contributed by atoms with van der Waals surface area (Å²) in [5.41, 5.74) is -1.25. The normalized spacial score (nSPS) is 53.4. The van der Waals surface area contributed by atoms with Crippen LogP contribution in [0.25, 0.3) is 0 Å². The van der Waals surface area contributed by atoms with Gasteiger partial charge in [-0.25, -0.2) is 0 Å². The lowest BCUT2D eigenvalue weighted by Gasteiger charge is -2.71. The molecule has 0 aromatic heterocycles. The maximum Gasteiger partial charge on any atom is 0.315 e. The van der Waals surface area contributed by atoms with E-state index < -0.39 is 172 Å². The molecule has 4 heterocycles. The van der Waals surface area contributed by atoms with E-state index in [2.05, 4.69) is 54.5 Å². The molecule has 23 heteroatoms. The number of aliphatic hydroxyl groups is 14. The van der Waals surface area contributed by atoms with Crippen molar-refractivity contribution in [1.29, 1.82) is 0 Å². The van der Waals surface area contributed by atoms with Crippen LogP contribution < -0.4 is 0 Å². The Labute approximate surface area is 449 Å². The smallest absolute Gasteiger partial charge is 0.315 e. The van der Waals surface area contributed by atoms with Gasteiger partial charge in [0.15, 0.2) is 18.9 Å². The third-order valence-electron chi connectivity index (χ3n) is 21.4. The zero-order valence-corrected chi connectivity index (χ0v) is 45.3. The summed E-state index contributed by atoms with van der Waals surface area (Å²) < 4.78 is 47.7. The van der Waals surface area contributed by atoms with Gasteiger partial charge in [-0.15, -0.1) is 0 Å². The van der Waals surface area contributed by atoms with Gasteiger partial charge in [0, 0.05) is 0 Å². The molecule has 77 heavy (non-hydrogen) atoms. The molecule has 9 rings (SSSR count). The topological polar surface area (TPSA) is 374 Å². The van der Waals surface area contributed by atoms with Gasteiger partial charge in [-0.05, 0) is 109 Å². The summed E-state index contributed by atoms with van der Waals surface area (Å²) in [4.78, 5) is 15.1. The van der Waals surface area contributed by atoms with Crippen molar-refractivity contribution in [3.8, 4) is 0 Å². The van der Waals surface area contributed by atoms with Crippen LogP contribution >= 0.6 is 0 Å². The van der Waals surface area contributed by atoms with Crippen LogP contribution in [0.15, 0.2) is 11.6 Å². The molecule has 28 atom stereocenters. The van der Waals surface area contributed by atoms with Crippen molar-refractivity contribution >= 4 is 5.97 Å². The summed E-state index contributed by atoms with van der Waals surface area (Å²) in [7, 11) is 0. The maximum absolute atomic E-state index is 15.1. The van der Waals surface area contributed by atoms with Crippen molar-refractivity contribution in [2.75, 3.05) is 26.4 Å². The molecule has 0 unspecified atom stereocenters. The predicted octanol–water partition coefficient (Wildman–Crippen LogP) is -2.04. The van der Waals surface area contributed by atoms with Crippen molar-refractivity contribution in [3.05, 3.63) is 11.6 Å². The van der Waals surface area contributed by atoms with Gasteiger partial charge >= 0.3 is 5.97 Å². The lowest BCUT2D eigenvalue weighted by molar-refractivity contribution is -0.378. The summed E-state index contributed by atoms with van der Waals surface area (Å²) in [6.07, 6.45) is -23.5. The third kappa shape index (κ3) is 9.90. The Morgan fingerprint density at radius 3 is 1.68 bits per heavy atom. The molecule has 5 aliphatic carbocycles. The lowest BCUT2D eigenvalue weighted by Crippen LogP contribution is -2.67. The highest BCUT2D eigenvalue weighted by molar-refractivity contribution is 5.79. The monoisotopic (exact) mass is 1100 g/mol. The molecule has 442 valence electrons. The highest BCUT2D eigenvalue weighted by atomic mass is 16.8. The number of esters is 1. The molecule has 0 bridgehead atoms. The number of ether oxygens (including phenoxy) is 8. The van der Waals surface area contributed by atoms with Crippen molar-refractivity contribution < 1.29 is 114 Å². The second-order valence-electron chi connectivity index (χ2n) is 26.3. The first-order chi connectivity index (χ1) is 36.0. The second kappa shape index (κ2) is 21.8. The van der Waals surface area contributed by atoms with E-state index in [0.717, 1.165) is 32.1 Å². The molecule has 9 aliphatic rings. The summed E-state index contributed by atoms with van der Waals surface area (Å²) in [5, 5.41) is 148. The lowest BCUT2D eigenvalue weighted by atomic mass is 9.33. The summed E-state index contributed by atoms with van der Waals surface area (Å²) in [6, 6.07) is 0. The van der Waals surface area contributed by atoms with Crippen LogP contribution in [0, 0.1) is 50.2 Å². The molecule has 14 N–H and O–H groups in total. The highest BCUT2D eigenvalue weighted by Gasteiger charge is 2.70. The van der Waals surface area contributed by atoms with Gasteiger partial charge in [0.1, 0.15) is 97.7 Å². The van der Waals surface area contributed by atoms with Crippen LogP contribution in [-0.2, 0) is 42.7 Å². The zero-order chi connectivity index (χ0) is 56.3. The average molecular weight is 1110 g/mol. The van der Waals surface area contributed by atoms with Crippen LogP contribution in [0.2, 0.25) is 0 Å². The van der Waals surface area contributed by atoms with Crippen molar-refractivity contribution in [2.45, 2.75) is 242 Å². The van der Waals surface area contributed by atoms with E-state index in [1.807, 2.05) is 0 Å². The third-order valence-corrected chi connectivity index (χ3v) is 21.4. The molecule has 4 aliphatic heterocycles. The molecular formula is C54H88O23. The fraction of sp³-hybridized carbons (Fsp3) is 0.944. The Morgan fingerprint density at radius 1 is 0.545 bits per heavy atom. The Balaban J connectivity index is 0.930. The number of hydrogen-bond acceptors (Lipinski definition) is 23. The SMILES string of the molecule is CC1(C)CC[C@]2(C(=O)O[C@@H]3O[C@H](CO[C@@H]4O[C@H](CO)[C@@H](O)[C@H](O)[C@H]4O)[C@@H](O)[C@H](O)[C@H]3O)CC[C@@]3(C)C(=CC[C@@H]4[C@@]5(C)CC[C@H](O[C@@H]6O[C@H](CO)[C@@H](O)[C@H](O)[C@H]6O[C@@H]6O[C@H](CO)[C@@H](O)[C@H](O)[C@H]6O)C(C)(C)[C@@H]5CC[C@]43C)[C@H]2C1. The van der Waals surface area contributed by atoms with Gasteiger partial charge in [-0.3, -0.25) is 4.79 Å². The fourth-order valence-corrected chi connectivity index (χ4v) is 16.4. The van der Waals surface area contributed by atoms with Crippen molar-refractivity contribution in [2.24, 2.45) is 50.2 Å². The molecule has 0 aromatic carbocycles. The van der Waals surface area contributed by atoms with E-state index in [1.165, 1.54) is 5.57 Å². The summed E-state index contributed by atoms with van der Waals surface area (Å²) in [5.74, 6) is -0.520. The minimum Gasteiger partial charge on any atom is -0.432 e. The summed E-state index contributed by atoms with van der Waals surface area (Å²) in [6.45, 7) is 13.2. The number of aliphatic hydroxyl groups excluding tert-OH is 14. The molecule has 23 nitrogen and oxygen atoms in total. The largest absolute Gasteiger partial charge is 0.432 e. The van der Waals surface area contributed by atoms with Gasteiger partial charge < -0.3 is 109 Å². The van der Waals surface area contributed by atoms with Gasteiger partial charge in [0.25, 0.3) is 0 Å². The summed E-state index contributed by atoms with van der Waals surface area (Å²) >= 11 is 0. The van der Waals surface area contributed by atoms with E-state index in [1.54, 1.807) is 0 Å². The van der Waals surface area contributed by atoms with E-state index in [0.29, 0.717) is 32.1 Å². The Bertz CT molecular complexity index is 2110. The minimum atomic E-state index is -1.84. The number of fused-ring (bicyclic) bond motifs is 7. The number of carbonyl (C=O) groups excluding carboxylic acids is 1. The first-order valence-corrected chi connectivity index (χ1v) is 27.8. The van der Waals surface area contributed by atoms with Crippen LogP contribution in [0.3, 0.4) is 0 Å². The quantitative estimate of drug-likeness (QED) is 0.0569. The van der Waals surface area contributed by atoms with E-state index in [-0.39, 0.29) is 39.4 Å². The molecule has 0 amide bonds. The first-order valence-electron chi connectivity index (χ1n) is 27.8. The Morgan fingerprint density at radius 2 is 1.06 bits per heavy atom.